The Labute approximate surface area is 136 Å². The highest BCUT2D eigenvalue weighted by molar-refractivity contribution is 7.88. The minimum Gasteiger partial charge on any atom is -0.332 e. The number of hydrogen-bond acceptors (Lipinski definition) is 5. The lowest BCUT2D eigenvalue weighted by Gasteiger charge is -2.32. The Morgan fingerprint density at radius 3 is 2.70 bits per heavy atom. The van der Waals surface area contributed by atoms with Crippen LogP contribution in [0.5, 0.6) is 0 Å². The van der Waals surface area contributed by atoms with Crippen molar-refractivity contribution in [2.45, 2.75) is 32.2 Å². The largest absolute Gasteiger partial charge is 0.332 e. The zero-order chi connectivity index (χ0) is 16.6. The smallest absolute Gasteiger partial charge is 0.211 e. The molecule has 1 atom stereocenters. The minimum atomic E-state index is -3.28. The average molecular weight is 335 g/mol. The summed E-state index contributed by atoms with van der Waals surface area (Å²) in [5.41, 5.74) is 2.48. The molecule has 1 aliphatic rings. The fourth-order valence-corrected chi connectivity index (χ4v) is 4.16. The second-order valence-corrected chi connectivity index (χ2v) is 7.96. The monoisotopic (exact) mass is 335 g/mol. The number of sulfonamides is 1. The lowest BCUT2D eigenvalue weighted by atomic mass is 10.0. The van der Waals surface area contributed by atoms with Crippen molar-refractivity contribution < 1.29 is 8.42 Å². The van der Waals surface area contributed by atoms with Crippen LogP contribution in [-0.2, 0) is 17.1 Å². The van der Waals surface area contributed by atoms with E-state index in [-0.39, 0.29) is 6.04 Å². The van der Waals surface area contributed by atoms with E-state index in [0.29, 0.717) is 12.4 Å². The van der Waals surface area contributed by atoms with E-state index in [1.54, 1.807) is 12.5 Å². The molecule has 2 aromatic heterocycles. The van der Waals surface area contributed by atoms with Crippen molar-refractivity contribution in [2.24, 2.45) is 7.05 Å². The fraction of sp³-hybridized carbons (Fsp3) is 0.533. The minimum absolute atomic E-state index is 0.286. The first-order valence-electron chi connectivity index (χ1n) is 7.65. The Bertz CT molecular complexity index is 815. The Kier molecular flexibility index (Phi) is 4.20. The molecule has 7 nitrogen and oxygen atoms in total. The van der Waals surface area contributed by atoms with Gasteiger partial charge in [0.2, 0.25) is 10.0 Å². The number of aryl methyl sites for hydroxylation is 2. The van der Waals surface area contributed by atoms with Crippen LogP contribution in [0.3, 0.4) is 0 Å². The molecule has 0 aliphatic carbocycles. The first-order chi connectivity index (χ1) is 10.9. The molecule has 0 amide bonds. The molecule has 3 rings (SSSR count). The van der Waals surface area contributed by atoms with Gasteiger partial charge in [0, 0.05) is 19.3 Å². The van der Waals surface area contributed by atoms with Gasteiger partial charge in [0.1, 0.15) is 5.82 Å². The first-order valence-corrected chi connectivity index (χ1v) is 9.50. The molecule has 23 heavy (non-hydrogen) atoms. The van der Waals surface area contributed by atoms with Crippen LogP contribution in [0.15, 0.2) is 18.6 Å². The molecular weight excluding hydrogens is 314 g/mol. The first kappa shape index (κ1) is 16.1. The van der Waals surface area contributed by atoms with Crippen LogP contribution in [0.2, 0.25) is 0 Å². The summed E-state index contributed by atoms with van der Waals surface area (Å²) in [5, 5.41) is 0. The topological polar surface area (TPSA) is 81.0 Å². The van der Waals surface area contributed by atoms with Crippen LogP contribution < -0.4 is 0 Å². The van der Waals surface area contributed by atoms with E-state index < -0.39 is 10.0 Å². The number of piperidine rings is 1. The van der Waals surface area contributed by atoms with Gasteiger partial charge in [-0.1, -0.05) is 6.42 Å². The van der Waals surface area contributed by atoms with Gasteiger partial charge >= 0.3 is 0 Å². The quantitative estimate of drug-likeness (QED) is 0.852. The number of aromatic nitrogens is 4. The van der Waals surface area contributed by atoms with Crippen molar-refractivity contribution in [1.29, 1.82) is 0 Å². The van der Waals surface area contributed by atoms with Crippen LogP contribution in [0.25, 0.3) is 11.4 Å². The molecule has 1 unspecified atom stereocenters. The lowest BCUT2D eigenvalue weighted by molar-refractivity contribution is 0.248. The molecule has 1 aliphatic heterocycles. The number of nitrogens with zero attached hydrogens (tertiary/aromatic N) is 5. The van der Waals surface area contributed by atoms with Crippen molar-refractivity contribution in [2.75, 3.05) is 12.8 Å². The van der Waals surface area contributed by atoms with E-state index in [4.69, 9.17) is 0 Å². The zero-order valence-corrected chi connectivity index (χ0v) is 14.4. The van der Waals surface area contributed by atoms with Gasteiger partial charge in [-0.05, 0) is 25.8 Å². The van der Waals surface area contributed by atoms with E-state index in [1.165, 1.54) is 10.6 Å². The number of hydrogen-bond donors (Lipinski definition) is 0. The normalized spacial score (nSPS) is 19.9. The van der Waals surface area contributed by atoms with Crippen LogP contribution in [0.4, 0.5) is 0 Å². The van der Waals surface area contributed by atoms with Gasteiger partial charge in [-0.3, -0.25) is 0 Å². The van der Waals surface area contributed by atoms with Crippen molar-refractivity contribution in [3.63, 3.8) is 0 Å². The van der Waals surface area contributed by atoms with Crippen LogP contribution in [-0.4, -0.2) is 45.0 Å². The Morgan fingerprint density at radius 1 is 1.26 bits per heavy atom. The molecule has 0 bridgehead atoms. The second kappa shape index (κ2) is 6.01. The highest BCUT2D eigenvalue weighted by atomic mass is 32.2. The summed E-state index contributed by atoms with van der Waals surface area (Å²) in [6.07, 6.45) is 7.33. The molecule has 1 fully saturated rings. The second-order valence-electron chi connectivity index (χ2n) is 6.03. The molecule has 0 aromatic carbocycles. The summed E-state index contributed by atoms with van der Waals surface area (Å²) in [4.78, 5) is 13.3. The summed E-state index contributed by atoms with van der Waals surface area (Å²) < 4.78 is 27.6. The summed E-state index contributed by atoms with van der Waals surface area (Å²) in [6, 6.07) is 1.61. The number of rotatable bonds is 3. The highest BCUT2D eigenvalue weighted by Crippen LogP contribution is 2.32. The molecule has 0 N–H and O–H groups in total. The Morgan fingerprint density at radius 2 is 2.04 bits per heavy atom. The summed E-state index contributed by atoms with van der Waals surface area (Å²) in [7, 11) is -1.37. The Balaban J connectivity index is 2.05. The average Bonchev–Trinajstić information content (AvgIpc) is 2.92. The maximum atomic E-state index is 12.1. The SMILES string of the molecule is Cc1cc(-c2cncn2C)nc(C2CCCCN2S(C)(=O)=O)n1. The summed E-state index contributed by atoms with van der Waals surface area (Å²) in [5.74, 6) is 0.575. The molecular formula is C15H21N5O2S. The predicted octanol–water partition coefficient (Wildman–Crippen LogP) is 1.67. The predicted molar refractivity (Wildman–Crippen MR) is 87.1 cm³/mol. The van der Waals surface area contributed by atoms with E-state index >= 15 is 0 Å². The van der Waals surface area contributed by atoms with Crippen LogP contribution in [0, 0.1) is 6.92 Å². The third-order valence-corrected chi connectivity index (χ3v) is 5.42. The van der Waals surface area contributed by atoms with Crippen molar-refractivity contribution in [3.05, 3.63) is 30.1 Å². The van der Waals surface area contributed by atoms with E-state index in [1.807, 2.05) is 24.6 Å². The van der Waals surface area contributed by atoms with Gasteiger partial charge in [-0.2, -0.15) is 4.31 Å². The van der Waals surface area contributed by atoms with Crippen molar-refractivity contribution >= 4 is 10.0 Å². The molecule has 0 radical (unpaired) electrons. The van der Waals surface area contributed by atoms with Gasteiger partial charge in [0.15, 0.2) is 0 Å². The molecule has 8 heteroatoms. The molecule has 0 spiro atoms. The third kappa shape index (κ3) is 3.28. The standard InChI is InChI=1S/C15H21N5O2S/c1-11-8-12(14-9-16-10-19(14)2)18-15(17-11)13-6-4-5-7-20(13)23(3,21)22/h8-10,13H,4-7H2,1-3H3. The zero-order valence-electron chi connectivity index (χ0n) is 13.6. The maximum absolute atomic E-state index is 12.1. The van der Waals surface area contributed by atoms with E-state index in [9.17, 15) is 8.42 Å². The van der Waals surface area contributed by atoms with Gasteiger partial charge in [0.05, 0.1) is 36.2 Å². The van der Waals surface area contributed by atoms with Gasteiger partial charge in [-0.25, -0.2) is 23.4 Å². The maximum Gasteiger partial charge on any atom is 0.211 e. The Hall–Kier alpha value is -1.80. The molecule has 124 valence electrons. The van der Waals surface area contributed by atoms with Crippen molar-refractivity contribution in [3.8, 4) is 11.4 Å². The van der Waals surface area contributed by atoms with Gasteiger partial charge in [-0.15, -0.1) is 0 Å². The summed E-state index contributed by atoms with van der Waals surface area (Å²) in [6.45, 7) is 2.43. The van der Waals surface area contributed by atoms with Crippen molar-refractivity contribution in [1.82, 2.24) is 23.8 Å². The summed E-state index contributed by atoms with van der Waals surface area (Å²) >= 11 is 0. The molecule has 0 saturated carbocycles. The van der Waals surface area contributed by atoms with E-state index in [2.05, 4.69) is 15.0 Å². The highest BCUT2D eigenvalue weighted by Gasteiger charge is 2.32. The van der Waals surface area contributed by atoms with Crippen LogP contribution >= 0.6 is 0 Å². The fourth-order valence-electron chi connectivity index (χ4n) is 3.04. The lowest BCUT2D eigenvalue weighted by Crippen LogP contribution is -2.38. The van der Waals surface area contributed by atoms with Gasteiger partial charge < -0.3 is 4.57 Å². The van der Waals surface area contributed by atoms with Gasteiger partial charge in [0.25, 0.3) is 0 Å². The number of imidazole rings is 1. The third-order valence-electron chi connectivity index (χ3n) is 4.13. The molecule has 3 heterocycles. The molecule has 2 aromatic rings. The molecule has 1 saturated heterocycles. The van der Waals surface area contributed by atoms with Crippen LogP contribution in [0.1, 0.15) is 36.8 Å². The van der Waals surface area contributed by atoms with E-state index in [0.717, 1.165) is 36.3 Å².